The van der Waals surface area contributed by atoms with Crippen molar-refractivity contribution in [3.8, 4) is 0 Å². The second-order valence-corrected chi connectivity index (χ2v) is 7.60. The van der Waals surface area contributed by atoms with Crippen LogP contribution < -0.4 is 0 Å². The van der Waals surface area contributed by atoms with Crippen LogP contribution in [0.15, 0.2) is 78.0 Å². The predicted molar refractivity (Wildman–Crippen MR) is 111 cm³/mol. The molecule has 0 bridgehead atoms. The quantitative estimate of drug-likeness (QED) is 0.595. The Morgan fingerprint density at radius 1 is 0.897 bits per heavy atom. The number of carbonyl (C=O) groups is 3. The van der Waals surface area contributed by atoms with E-state index in [4.69, 9.17) is 11.6 Å². The van der Waals surface area contributed by atoms with Gasteiger partial charge in [-0.3, -0.25) is 14.4 Å². The molecule has 0 aromatic heterocycles. The van der Waals surface area contributed by atoms with Gasteiger partial charge in [0.15, 0.2) is 5.78 Å². The van der Waals surface area contributed by atoms with E-state index in [0.717, 1.165) is 10.8 Å². The van der Waals surface area contributed by atoms with Gasteiger partial charge in [0, 0.05) is 40.6 Å². The molecule has 5 rings (SSSR count). The summed E-state index contributed by atoms with van der Waals surface area (Å²) < 4.78 is 0. The van der Waals surface area contributed by atoms with E-state index >= 15 is 0 Å². The van der Waals surface area contributed by atoms with Gasteiger partial charge in [-0.2, -0.15) is 0 Å². The number of benzene rings is 3. The first-order chi connectivity index (χ1) is 14.1. The Balaban J connectivity index is 1.61. The van der Waals surface area contributed by atoms with Gasteiger partial charge in [-0.05, 0) is 22.9 Å². The lowest BCUT2D eigenvalue weighted by molar-refractivity contribution is 0.0779. The average molecular weight is 402 g/mol. The molecule has 3 aromatic rings. The van der Waals surface area contributed by atoms with Gasteiger partial charge in [0.25, 0.3) is 5.91 Å². The number of Topliss-reactive ketones (excluding diaryl/α,β-unsaturated/α-hetero) is 2. The van der Waals surface area contributed by atoms with Crippen LogP contribution in [0.3, 0.4) is 0 Å². The topological polar surface area (TPSA) is 54.5 Å². The summed E-state index contributed by atoms with van der Waals surface area (Å²) in [5.74, 6) is -0.995. The van der Waals surface area contributed by atoms with Crippen LogP contribution in [0.1, 0.15) is 31.1 Å². The van der Waals surface area contributed by atoms with Crippen molar-refractivity contribution in [2.75, 3.05) is 12.4 Å². The van der Waals surface area contributed by atoms with Gasteiger partial charge in [0.05, 0.1) is 5.70 Å². The van der Waals surface area contributed by atoms with Gasteiger partial charge in [0.2, 0.25) is 5.78 Å². The lowest BCUT2D eigenvalue weighted by Crippen LogP contribution is -2.33. The van der Waals surface area contributed by atoms with Crippen molar-refractivity contribution in [2.24, 2.45) is 5.92 Å². The number of fused-ring (bicyclic) bond motifs is 2. The summed E-state index contributed by atoms with van der Waals surface area (Å²) in [6, 6.07) is 20.0. The van der Waals surface area contributed by atoms with Gasteiger partial charge >= 0.3 is 0 Å². The van der Waals surface area contributed by atoms with Crippen molar-refractivity contribution in [2.45, 2.75) is 0 Å². The van der Waals surface area contributed by atoms with Crippen molar-refractivity contribution < 1.29 is 14.4 Å². The molecule has 0 saturated heterocycles. The van der Waals surface area contributed by atoms with E-state index in [2.05, 4.69) is 0 Å². The summed E-state index contributed by atoms with van der Waals surface area (Å²) in [5.41, 5.74) is 1.73. The molecule has 1 amide bonds. The minimum absolute atomic E-state index is 0.168. The molecule has 3 aromatic carbocycles. The molecule has 0 unspecified atom stereocenters. The Kier molecular flexibility index (Phi) is 4.10. The fourth-order valence-electron chi connectivity index (χ4n) is 4.22. The molecule has 2 aliphatic rings. The molecule has 29 heavy (non-hydrogen) atoms. The highest BCUT2D eigenvalue weighted by molar-refractivity contribution is 6.29. The maximum Gasteiger partial charge on any atom is 0.258 e. The van der Waals surface area contributed by atoms with Crippen molar-refractivity contribution in [3.63, 3.8) is 0 Å². The van der Waals surface area contributed by atoms with Crippen molar-refractivity contribution in [1.82, 2.24) is 4.90 Å². The van der Waals surface area contributed by atoms with Crippen molar-refractivity contribution in [1.29, 1.82) is 0 Å². The zero-order chi connectivity index (χ0) is 20.1. The largest absolute Gasteiger partial charge is 0.304 e. The molecule has 142 valence electrons. The molecule has 1 aliphatic carbocycles. The van der Waals surface area contributed by atoms with E-state index in [9.17, 15) is 14.4 Å². The first-order valence-electron chi connectivity index (χ1n) is 9.39. The third-order valence-corrected chi connectivity index (χ3v) is 6.01. The molecular formula is C24H16ClNO3. The summed E-state index contributed by atoms with van der Waals surface area (Å²) >= 11 is 6.13. The summed E-state index contributed by atoms with van der Waals surface area (Å²) in [6.45, 7) is 0.227. The van der Waals surface area contributed by atoms with Crippen LogP contribution in [0, 0.1) is 5.92 Å². The Morgan fingerprint density at radius 2 is 1.55 bits per heavy atom. The molecule has 1 aliphatic heterocycles. The van der Waals surface area contributed by atoms with E-state index < -0.39 is 0 Å². The smallest absolute Gasteiger partial charge is 0.258 e. The molecular weight excluding hydrogens is 386 g/mol. The summed E-state index contributed by atoms with van der Waals surface area (Å²) in [5, 5.41) is 1.97. The maximum absolute atomic E-state index is 13.4. The molecule has 0 fully saturated rings. The van der Waals surface area contributed by atoms with Crippen LogP contribution in [0.2, 0.25) is 0 Å². The number of allylic oxidation sites excluding steroid dienone is 1. The lowest BCUT2D eigenvalue weighted by atomic mass is 9.84. The zero-order valence-electron chi connectivity index (χ0n) is 15.4. The highest BCUT2D eigenvalue weighted by Gasteiger charge is 2.45. The third kappa shape index (κ3) is 2.64. The normalized spacial score (nSPS) is 18.2. The van der Waals surface area contributed by atoms with Gasteiger partial charge in [-0.1, -0.05) is 54.6 Å². The van der Waals surface area contributed by atoms with Crippen molar-refractivity contribution >= 4 is 39.8 Å². The Morgan fingerprint density at radius 3 is 2.28 bits per heavy atom. The number of nitrogens with zero attached hydrogens (tertiary/aromatic N) is 1. The molecule has 0 saturated carbocycles. The van der Waals surface area contributed by atoms with E-state index in [1.807, 2.05) is 36.4 Å². The monoisotopic (exact) mass is 401 g/mol. The minimum Gasteiger partial charge on any atom is -0.304 e. The number of hydrogen-bond acceptors (Lipinski definition) is 3. The highest BCUT2D eigenvalue weighted by Crippen LogP contribution is 2.39. The number of carbonyl (C=O) groups excluding carboxylic acids is 3. The van der Waals surface area contributed by atoms with Crippen LogP contribution in [0.25, 0.3) is 10.8 Å². The molecule has 1 heterocycles. The molecule has 5 heteroatoms. The van der Waals surface area contributed by atoms with Crippen LogP contribution in [-0.4, -0.2) is 34.8 Å². The number of ketones is 2. The first-order valence-corrected chi connectivity index (χ1v) is 9.93. The van der Waals surface area contributed by atoms with Crippen LogP contribution in [0.4, 0.5) is 0 Å². The number of rotatable bonds is 2. The van der Waals surface area contributed by atoms with Gasteiger partial charge in [-0.25, -0.2) is 0 Å². The van der Waals surface area contributed by atoms with E-state index in [0.29, 0.717) is 22.3 Å². The molecule has 0 N–H and O–H groups in total. The standard InChI is InChI=1S/C24H16ClNO3/c25-12-17-13-26(24(29)16-10-9-14-5-1-2-6-15(14)11-16)21-20(17)22(27)18-7-3-4-8-19(18)23(21)28/h1-11,17H,12-13H2/t17-/m1/s1. The first kappa shape index (κ1) is 17.8. The predicted octanol–water partition coefficient (Wildman–Crippen LogP) is 4.48. The summed E-state index contributed by atoms with van der Waals surface area (Å²) in [6.07, 6.45) is 0. The highest BCUT2D eigenvalue weighted by atomic mass is 35.5. The van der Waals surface area contributed by atoms with Gasteiger partial charge in [0.1, 0.15) is 0 Å². The second kappa shape index (κ2) is 6.68. The third-order valence-electron chi connectivity index (χ3n) is 5.64. The number of halogens is 1. The number of hydrogen-bond donors (Lipinski definition) is 0. The average Bonchev–Trinajstić information content (AvgIpc) is 3.17. The van der Waals surface area contributed by atoms with E-state index in [1.54, 1.807) is 30.3 Å². The number of amides is 1. The van der Waals surface area contributed by atoms with Crippen molar-refractivity contribution in [3.05, 3.63) is 94.7 Å². The molecule has 1 atom stereocenters. The molecule has 0 radical (unpaired) electrons. The maximum atomic E-state index is 13.4. The molecule has 4 nitrogen and oxygen atoms in total. The summed E-state index contributed by atoms with van der Waals surface area (Å²) in [7, 11) is 0. The minimum atomic E-state index is -0.360. The Hall–Kier alpha value is -3.24. The van der Waals surface area contributed by atoms with Gasteiger partial charge < -0.3 is 4.90 Å². The molecule has 0 spiro atoms. The van der Waals surface area contributed by atoms with Gasteiger partial charge in [-0.15, -0.1) is 11.6 Å². The van der Waals surface area contributed by atoms with E-state index in [-0.39, 0.29) is 41.5 Å². The van der Waals surface area contributed by atoms with Crippen LogP contribution >= 0.6 is 11.6 Å². The van der Waals surface area contributed by atoms with E-state index in [1.165, 1.54) is 4.90 Å². The Bertz CT molecular complexity index is 1240. The fraction of sp³-hybridized carbons (Fsp3) is 0.125. The SMILES string of the molecule is O=C1C2=C(C(=O)c3ccccc31)N(C(=O)c1ccc3ccccc3c1)C[C@H]2CCl. The Labute approximate surface area is 172 Å². The van der Waals surface area contributed by atoms with Crippen LogP contribution in [-0.2, 0) is 0 Å². The summed E-state index contributed by atoms with van der Waals surface area (Å²) in [4.78, 5) is 41.1. The second-order valence-electron chi connectivity index (χ2n) is 7.30. The lowest BCUT2D eigenvalue weighted by Gasteiger charge is -2.23. The number of alkyl halides is 1. The van der Waals surface area contributed by atoms with Crippen LogP contribution in [0.5, 0.6) is 0 Å². The fourth-order valence-corrected chi connectivity index (χ4v) is 4.47. The zero-order valence-corrected chi connectivity index (χ0v) is 16.1.